The molecule has 2 rings (SSSR count). The van der Waals surface area contributed by atoms with E-state index in [4.69, 9.17) is 0 Å². The van der Waals surface area contributed by atoms with E-state index in [0.29, 0.717) is 5.69 Å². The van der Waals surface area contributed by atoms with Gasteiger partial charge < -0.3 is 15.0 Å². The van der Waals surface area contributed by atoms with Crippen molar-refractivity contribution in [2.45, 2.75) is 26.8 Å². The van der Waals surface area contributed by atoms with Crippen LogP contribution in [0.2, 0.25) is 0 Å². The summed E-state index contributed by atoms with van der Waals surface area (Å²) in [5, 5.41) is 5.57. The van der Waals surface area contributed by atoms with Crippen molar-refractivity contribution in [3.63, 3.8) is 0 Å². The zero-order chi connectivity index (χ0) is 12.4. The van der Waals surface area contributed by atoms with Crippen LogP contribution in [0.4, 0.5) is 10.5 Å². The topological polar surface area (TPSA) is 58.4 Å². The minimum atomic E-state index is -0.214. The Kier molecular flexibility index (Phi) is 2.99. The molecule has 0 atom stereocenters. The predicted molar refractivity (Wildman–Crippen MR) is 67.2 cm³/mol. The Morgan fingerprint density at radius 1 is 1.47 bits per heavy atom. The summed E-state index contributed by atoms with van der Waals surface area (Å²) in [5.41, 5.74) is 2.38. The molecule has 0 saturated heterocycles. The summed E-state index contributed by atoms with van der Waals surface area (Å²) in [4.78, 5) is 16.0. The van der Waals surface area contributed by atoms with E-state index in [0.717, 1.165) is 11.3 Å². The van der Waals surface area contributed by atoms with Gasteiger partial charge in [0, 0.05) is 18.4 Å². The van der Waals surface area contributed by atoms with Crippen LogP contribution < -0.4 is 10.6 Å². The number of fused-ring (bicyclic) bond motifs is 1. The molecule has 5 heteroatoms. The van der Waals surface area contributed by atoms with Crippen molar-refractivity contribution in [2.75, 3.05) is 5.32 Å². The number of nitrogens with zero attached hydrogens (tertiary/aromatic N) is 2. The Hall–Kier alpha value is -2.04. The highest BCUT2D eigenvalue weighted by molar-refractivity contribution is 5.93. The van der Waals surface area contributed by atoms with Gasteiger partial charge in [0.05, 0.1) is 11.4 Å². The van der Waals surface area contributed by atoms with Crippen LogP contribution >= 0.6 is 0 Å². The van der Waals surface area contributed by atoms with E-state index in [1.54, 1.807) is 0 Å². The molecule has 0 saturated carbocycles. The van der Waals surface area contributed by atoms with Gasteiger partial charge in [-0.3, -0.25) is 0 Å². The van der Waals surface area contributed by atoms with Gasteiger partial charge in [-0.05, 0) is 32.9 Å². The van der Waals surface area contributed by atoms with Gasteiger partial charge in [-0.2, -0.15) is 0 Å². The quantitative estimate of drug-likeness (QED) is 0.833. The summed E-state index contributed by atoms with van der Waals surface area (Å²) in [6.07, 6.45) is 3.82. The molecule has 5 nitrogen and oxygen atoms in total. The van der Waals surface area contributed by atoms with E-state index in [1.807, 2.05) is 49.7 Å². The number of amides is 2. The fourth-order valence-electron chi connectivity index (χ4n) is 1.65. The monoisotopic (exact) mass is 232 g/mol. The molecule has 2 amide bonds. The summed E-state index contributed by atoms with van der Waals surface area (Å²) < 4.78 is 1.89. The fourth-order valence-corrected chi connectivity index (χ4v) is 1.65. The van der Waals surface area contributed by atoms with Gasteiger partial charge in [-0.25, -0.2) is 9.78 Å². The number of anilines is 1. The lowest BCUT2D eigenvalue weighted by atomic mass is 10.4. The average Bonchev–Trinajstić information content (AvgIpc) is 2.58. The zero-order valence-electron chi connectivity index (χ0n) is 10.2. The third-order valence-corrected chi connectivity index (χ3v) is 2.27. The lowest BCUT2D eigenvalue weighted by Crippen LogP contribution is -2.34. The Morgan fingerprint density at radius 2 is 2.24 bits per heavy atom. The van der Waals surface area contributed by atoms with E-state index in [9.17, 15) is 4.79 Å². The van der Waals surface area contributed by atoms with Crippen LogP contribution in [-0.2, 0) is 0 Å². The zero-order valence-corrected chi connectivity index (χ0v) is 10.2. The average molecular weight is 232 g/mol. The van der Waals surface area contributed by atoms with Crippen molar-refractivity contribution in [1.82, 2.24) is 14.7 Å². The highest BCUT2D eigenvalue weighted by Crippen LogP contribution is 2.15. The maximum Gasteiger partial charge on any atom is 0.319 e. The second kappa shape index (κ2) is 4.45. The molecular formula is C12H16N4O. The maximum atomic E-state index is 11.6. The molecule has 17 heavy (non-hydrogen) atoms. The Bertz CT molecular complexity index is 544. The molecule has 0 bridgehead atoms. The molecule has 2 aromatic rings. The van der Waals surface area contributed by atoms with Gasteiger partial charge in [0.15, 0.2) is 5.65 Å². The van der Waals surface area contributed by atoms with E-state index in [2.05, 4.69) is 15.6 Å². The smallest absolute Gasteiger partial charge is 0.319 e. The van der Waals surface area contributed by atoms with Gasteiger partial charge >= 0.3 is 6.03 Å². The molecule has 0 spiro atoms. The fraction of sp³-hybridized carbons (Fsp3) is 0.333. The molecule has 90 valence electrons. The number of urea groups is 1. The summed E-state index contributed by atoms with van der Waals surface area (Å²) in [5.74, 6) is 0. The van der Waals surface area contributed by atoms with Crippen molar-refractivity contribution in [3.05, 3.63) is 30.2 Å². The van der Waals surface area contributed by atoms with E-state index in [1.165, 1.54) is 0 Å². The molecule has 0 radical (unpaired) electrons. The number of rotatable bonds is 2. The van der Waals surface area contributed by atoms with Crippen molar-refractivity contribution in [2.24, 2.45) is 0 Å². The Labute approximate surface area is 99.9 Å². The van der Waals surface area contributed by atoms with Crippen molar-refractivity contribution in [3.8, 4) is 0 Å². The molecule has 2 heterocycles. The minimum absolute atomic E-state index is 0.108. The van der Waals surface area contributed by atoms with E-state index < -0.39 is 0 Å². The first-order chi connectivity index (χ1) is 8.06. The number of carbonyl (C=O) groups is 1. The SMILES string of the molecule is Cc1cn2cccc(NC(=O)NC(C)C)c2n1. The molecule has 0 aliphatic heterocycles. The highest BCUT2D eigenvalue weighted by atomic mass is 16.2. The molecular weight excluding hydrogens is 216 g/mol. The van der Waals surface area contributed by atoms with Crippen LogP contribution in [-0.4, -0.2) is 21.5 Å². The lowest BCUT2D eigenvalue weighted by molar-refractivity contribution is 0.250. The van der Waals surface area contributed by atoms with Crippen LogP contribution in [0.25, 0.3) is 5.65 Å². The van der Waals surface area contributed by atoms with Crippen molar-refractivity contribution < 1.29 is 4.79 Å². The third kappa shape index (κ3) is 2.55. The molecule has 2 N–H and O–H groups in total. The second-order valence-electron chi connectivity index (χ2n) is 4.29. The summed E-state index contributed by atoms with van der Waals surface area (Å²) in [6, 6.07) is 3.60. The van der Waals surface area contributed by atoms with Crippen LogP contribution in [0.5, 0.6) is 0 Å². The normalized spacial score (nSPS) is 10.8. The maximum absolute atomic E-state index is 11.6. The highest BCUT2D eigenvalue weighted by Gasteiger charge is 2.08. The first-order valence-electron chi connectivity index (χ1n) is 5.58. The standard InChI is InChI=1S/C12H16N4O/c1-8(2)13-12(17)15-10-5-4-6-16-7-9(3)14-11(10)16/h4-8H,1-3H3,(H2,13,15,17). The molecule has 0 fully saturated rings. The molecule has 2 aromatic heterocycles. The van der Waals surface area contributed by atoms with E-state index in [-0.39, 0.29) is 12.1 Å². The number of nitrogens with one attached hydrogen (secondary N) is 2. The summed E-state index contributed by atoms with van der Waals surface area (Å²) in [7, 11) is 0. The Balaban J connectivity index is 2.26. The summed E-state index contributed by atoms with van der Waals surface area (Å²) in [6.45, 7) is 5.75. The number of aryl methyl sites for hydroxylation is 1. The van der Waals surface area contributed by atoms with Crippen LogP contribution in [0.15, 0.2) is 24.5 Å². The largest absolute Gasteiger partial charge is 0.336 e. The molecule has 0 unspecified atom stereocenters. The van der Waals surface area contributed by atoms with Crippen LogP contribution in [0.3, 0.4) is 0 Å². The van der Waals surface area contributed by atoms with Gasteiger partial charge in [0.1, 0.15) is 0 Å². The number of hydrogen-bond donors (Lipinski definition) is 2. The van der Waals surface area contributed by atoms with E-state index >= 15 is 0 Å². The van der Waals surface area contributed by atoms with Gasteiger partial charge in [-0.1, -0.05) is 0 Å². The first kappa shape index (κ1) is 11.4. The first-order valence-corrected chi connectivity index (χ1v) is 5.58. The summed E-state index contributed by atoms with van der Waals surface area (Å²) >= 11 is 0. The van der Waals surface area contributed by atoms with Gasteiger partial charge in [0.2, 0.25) is 0 Å². The predicted octanol–water partition coefficient (Wildman–Crippen LogP) is 2.17. The number of hydrogen-bond acceptors (Lipinski definition) is 2. The second-order valence-corrected chi connectivity index (χ2v) is 4.29. The molecule has 0 aliphatic carbocycles. The number of aromatic nitrogens is 2. The van der Waals surface area contributed by atoms with Crippen LogP contribution in [0.1, 0.15) is 19.5 Å². The number of imidazole rings is 1. The third-order valence-electron chi connectivity index (χ3n) is 2.27. The van der Waals surface area contributed by atoms with Crippen molar-refractivity contribution >= 4 is 17.4 Å². The number of pyridine rings is 1. The Morgan fingerprint density at radius 3 is 2.94 bits per heavy atom. The van der Waals surface area contributed by atoms with Gasteiger partial charge in [-0.15, -0.1) is 0 Å². The number of carbonyl (C=O) groups excluding carboxylic acids is 1. The van der Waals surface area contributed by atoms with Gasteiger partial charge in [0.25, 0.3) is 0 Å². The van der Waals surface area contributed by atoms with Crippen molar-refractivity contribution in [1.29, 1.82) is 0 Å². The molecule has 0 aliphatic rings. The lowest BCUT2D eigenvalue weighted by Gasteiger charge is -2.10. The minimum Gasteiger partial charge on any atom is -0.336 e. The van der Waals surface area contributed by atoms with Crippen LogP contribution in [0, 0.1) is 6.92 Å². The molecule has 0 aromatic carbocycles.